The fraction of sp³-hybridized carbons (Fsp3) is 0.500. The molecule has 3 rings (SSSR count). The highest BCUT2D eigenvalue weighted by molar-refractivity contribution is 8.01. The molecule has 1 fully saturated rings. The minimum Gasteiger partial charge on any atom is -0.450 e. The van der Waals surface area contributed by atoms with Crippen LogP contribution < -0.4 is 10.8 Å². The summed E-state index contributed by atoms with van der Waals surface area (Å²) in [5, 5.41) is 11.3. The van der Waals surface area contributed by atoms with Crippen LogP contribution in [-0.2, 0) is 20.7 Å². The molecular formula is C18H24N4O5S. The second-order valence-corrected chi connectivity index (χ2v) is 7.86. The number of nitrogens with one attached hydrogen (secondary N) is 2. The maximum Gasteiger partial charge on any atom is 0.409 e. The third-order valence-corrected chi connectivity index (χ3v) is 5.99. The van der Waals surface area contributed by atoms with Gasteiger partial charge in [-0.3, -0.25) is 19.7 Å². The van der Waals surface area contributed by atoms with E-state index < -0.39 is 5.91 Å². The van der Waals surface area contributed by atoms with Crippen LogP contribution in [0.3, 0.4) is 0 Å². The van der Waals surface area contributed by atoms with E-state index in [1.54, 1.807) is 17.3 Å². The quantitative estimate of drug-likeness (QED) is 0.491. The van der Waals surface area contributed by atoms with Crippen molar-refractivity contribution in [2.45, 2.75) is 23.5 Å². The molecule has 0 saturated carbocycles. The van der Waals surface area contributed by atoms with Crippen LogP contribution >= 0.6 is 11.8 Å². The number of thioether (sulfide) groups is 1. The third kappa shape index (κ3) is 4.94. The third-order valence-electron chi connectivity index (χ3n) is 4.69. The molecule has 0 radical (unpaired) electrons. The molecule has 1 aromatic rings. The van der Waals surface area contributed by atoms with Crippen LogP contribution in [0.1, 0.15) is 12.5 Å². The summed E-state index contributed by atoms with van der Waals surface area (Å²) in [4.78, 5) is 40.2. The number of piperazine rings is 1. The predicted octanol–water partition coefficient (Wildman–Crippen LogP) is 0.921. The highest BCUT2D eigenvalue weighted by atomic mass is 32.2. The van der Waals surface area contributed by atoms with Crippen molar-refractivity contribution in [3.8, 4) is 0 Å². The van der Waals surface area contributed by atoms with Crippen LogP contribution in [0.4, 0.5) is 10.5 Å². The summed E-state index contributed by atoms with van der Waals surface area (Å²) in [5.41, 5.74) is 3.38. The van der Waals surface area contributed by atoms with Crippen LogP contribution in [0.2, 0.25) is 0 Å². The number of benzene rings is 1. The number of nitrogens with zero attached hydrogens (tertiary/aromatic N) is 2. The molecule has 0 aromatic heterocycles. The van der Waals surface area contributed by atoms with Crippen molar-refractivity contribution in [3.63, 3.8) is 0 Å². The maximum absolute atomic E-state index is 12.4. The van der Waals surface area contributed by atoms with E-state index in [1.807, 2.05) is 23.1 Å². The highest BCUT2D eigenvalue weighted by Gasteiger charge is 2.28. The fourth-order valence-electron chi connectivity index (χ4n) is 3.23. The molecule has 1 unspecified atom stereocenters. The van der Waals surface area contributed by atoms with Crippen LogP contribution in [0.5, 0.6) is 0 Å². The molecule has 1 aromatic carbocycles. The lowest BCUT2D eigenvalue weighted by Gasteiger charge is -2.33. The maximum atomic E-state index is 12.4. The minimum absolute atomic E-state index is 0.128. The van der Waals surface area contributed by atoms with Gasteiger partial charge in [0.25, 0.3) is 5.91 Å². The van der Waals surface area contributed by atoms with Crippen molar-refractivity contribution in [2.75, 3.05) is 44.6 Å². The molecule has 0 aliphatic carbocycles. The Balaban J connectivity index is 1.48. The van der Waals surface area contributed by atoms with Crippen LogP contribution in [0.25, 0.3) is 0 Å². The fourth-order valence-corrected chi connectivity index (χ4v) is 4.46. The normalized spacial score (nSPS) is 19.1. The Morgan fingerprint density at radius 3 is 2.68 bits per heavy atom. The van der Waals surface area contributed by atoms with E-state index in [2.05, 4.69) is 5.32 Å². The van der Waals surface area contributed by atoms with E-state index in [1.165, 1.54) is 11.8 Å². The molecule has 2 aliphatic rings. The lowest BCUT2D eigenvalue weighted by Crippen LogP contribution is -2.50. The molecular weight excluding hydrogens is 384 g/mol. The first kappa shape index (κ1) is 20.4. The number of hydroxylamine groups is 1. The Bertz CT molecular complexity index is 751. The smallest absolute Gasteiger partial charge is 0.409 e. The topological polar surface area (TPSA) is 111 Å². The molecule has 10 heteroatoms. The molecule has 0 spiro atoms. The zero-order valence-electron chi connectivity index (χ0n) is 15.6. The summed E-state index contributed by atoms with van der Waals surface area (Å²) < 4.78 is 4.99. The Hall–Kier alpha value is -2.30. The molecule has 3 amide bonds. The molecule has 9 nitrogen and oxygen atoms in total. The van der Waals surface area contributed by atoms with Gasteiger partial charge in [-0.25, -0.2) is 10.3 Å². The average Bonchev–Trinajstić information content (AvgIpc) is 3.11. The van der Waals surface area contributed by atoms with E-state index in [4.69, 9.17) is 9.94 Å². The monoisotopic (exact) mass is 408 g/mol. The summed E-state index contributed by atoms with van der Waals surface area (Å²) in [6.45, 7) is 4.68. The minimum atomic E-state index is -0.422. The Morgan fingerprint density at radius 1 is 1.25 bits per heavy atom. The van der Waals surface area contributed by atoms with E-state index >= 15 is 0 Å². The molecule has 28 heavy (non-hydrogen) atoms. The first-order valence-corrected chi connectivity index (χ1v) is 10.1. The molecule has 152 valence electrons. The van der Waals surface area contributed by atoms with Crippen LogP contribution in [0, 0.1) is 0 Å². The van der Waals surface area contributed by atoms with Gasteiger partial charge in [-0.2, -0.15) is 0 Å². The van der Waals surface area contributed by atoms with E-state index in [-0.39, 0.29) is 23.8 Å². The number of anilines is 1. The number of hydrogen-bond donors (Lipinski definition) is 3. The van der Waals surface area contributed by atoms with Gasteiger partial charge in [-0.1, -0.05) is 6.07 Å². The Kier molecular flexibility index (Phi) is 6.76. The van der Waals surface area contributed by atoms with Gasteiger partial charge in [0.2, 0.25) is 5.91 Å². The van der Waals surface area contributed by atoms with Gasteiger partial charge in [-0.15, -0.1) is 11.8 Å². The van der Waals surface area contributed by atoms with Crippen molar-refractivity contribution in [1.82, 2.24) is 15.3 Å². The van der Waals surface area contributed by atoms with Gasteiger partial charge in [0.1, 0.15) is 0 Å². The lowest BCUT2D eigenvalue weighted by molar-refractivity contribution is -0.128. The number of carbonyl (C=O) groups excluding carboxylic acids is 3. The van der Waals surface area contributed by atoms with Crippen molar-refractivity contribution in [3.05, 3.63) is 23.8 Å². The summed E-state index contributed by atoms with van der Waals surface area (Å²) in [7, 11) is 0. The summed E-state index contributed by atoms with van der Waals surface area (Å²) in [6, 6.07) is 5.55. The van der Waals surface area contributed by atoms with Gasteiger partial charge >= 0.3 is 6.09 Å². The summed E-state index contributed by atoms with van der Waals surface area (Å²) in [5.74, 6) is -0.550. The number of fused-ring (bicyclic) bond motifs is 1. The van der Waals surface area contributed by atoms with Crippen molar-refractivity contribution >= 4 is 35.4 Å². The van der Waals surface area contributed by atoms with Crippen molar-refractivity contribution in [2.24, 2.45) is 0 Å². The van der Waals surface area contributed by atoms with Gasteiger partial charge in [0.15, 0.2) is 0 Å². The standard InChI is InChI=1S/C18H24N4O5S/c1-2-27-18(25)22-7-5-21(6-8-22)11-16(23)19-13-4-3-12-9-15(17(24)20-26)28-14(12)10-13/h3-4,10,15,26H,2,5-9,11H2,1H3,(H,19,23)(H,20,24). The largest absolute Gasteiger partial charge is 0.450 e. The second kappa shape index (κ2) is 9.26. The van der Waals surface area contributed by atoms with E-state index in [9.17, 15) is 14.4 Å². The zero-order chi connectivity index (χ0) is 20.1. The van der Waals surface area contributed by atoms with E-state index in [0.717, 1.165) is 10.5 Å². The first-order chi connectivity index (χ1) is 13.5. The lowest BCUT2D eigenvalue weighted by atomic mass is 10.1. The molecule has 2 heterocycles. The predicted molar refractivity (Wildman–Crippen MR) is 103 cm³/mol. The SMILES string of the molecule is CCOC(=O)N1CCN(CC(=O)Nc2ccc3c(c2)SC(C(=O)NO)C3)CC1. The van der Waals surface area contributed by atoms with Crippen LogP contribution in [-0.4, -0.2) is 77.5 Å². The van der Waals surface area contributed by atoms with Gasteiger partial charge in [0, 0.05) is 36.8 Å². The first-order valence-electron chi connectivity index (χ1n) is 9.17. The van der Waals surface area contributed by atoms with Crippen LogP contribution in [0.15, 0.2) is 23.1 Å². The molecule has 3 N–H and O–H groups in total. The van der Waals surface area contributed by atoms with Crippen molar-refractivity contribution < 1.29 is 24.3 Å². The van der Waals surface area contributed by atoms with E-state index in [0.29, 0.717) is 44.9 Å². The number of hydrogen-bond acceptors (Lipinski definition) is 7. The number of ether oxygens (including phenoxy) is 1. The number of carbonyl (C=O) groups is 3. The number of rotatable bonds is 5. The number of amides is 3. The summed E-state index contributed by atoms with van der Waals surface area (Å²) >= 11 is 1.37. The molecule has 2 aliphatic heterocycles. The van der Waals surface area contributed by atoms with Gasteiger partial charge in [-0.05, 0) is 31.0 Å². The van der Waals surface area contributed by atoms with Gasteiger partial charge in [0.05, 0.1) is 18.4 Å². The Labute approximate surface area is 167 Å². The molecule has 1 saturated heterocycles. The second-order valence-electron chi connectivity index (χ2n) is 6.62. The summed E-state index contributed by atoms with van der Waals surface area (Å²) in [6.07, 6.45) is 0.237. The van der Waals surface area contributed by atoms with Gasteiger partial charge < -0.3 is 15.0 Å². The molecule has 0 bridgehead atoms. The zero-order valence-corrected chi connectivity index (χ0v) is 16.5. The Morgan fingerprint density at radius 2 is 2.00 bits per heavy atom. The van der Waals surface area contributed by atoms with Crippen molar-refractivity contribution in [1.29, 1.82) is 0 Å². The highest BCUT2D eigenvalue weighted by Crippen LogP contribution is 2.38. The average molecular weight is 408 g/mol. The molecule has 1 atom stereocenters.